The highest BCUT2D eigenvalue weighted by Crippen LogP contribution is 2.39. The van der Waals surface area contributed by atoms with E-state index in [2.05, 4.69) is 43.7 Å². The highest BCUT2D eigenvalue weighted by atomic mass is 79.9. The molecule has 0 amide bonds. The maximum atomic E-state index is 10.8. The van der Waals surface area contributed by atoms with E-state index in [1.54, 1.807) is 12.1 Å². The number of non-ortho nitro benzene ring substituents is 1. The molecule has 0 saturated carbocycles. The van der Waals surface area contributed by atoms with Gasteiger partial charge in [-0.15, -0.1) is 0 Å². The van der Waals surface area contributed by atoms with Gasteiger partial charge in [0.05, 0.1) is 10.6 Å². The van der Waals surface area contributed by atoms with Gasteiger partial charge in [0.25, 0.3) is 5.69 Å². The maximum Gasteiger partial charge on any atom is 0.271 e. The molecule has 4 nitrogen and oxygen atoms in total. The second-order valence-electron chi connectivity index (χ2n) is 4.71. The van der Waals surface area contributed by atoms with E-state index in [1.807, 2.05) is 0 Å². The molecular formula is C12H14Br2N2O2. The molecule has 1 aliphatic rings. The number of nitrogens with zero attached hydrogens (tertiary/aromatic N) is 2. The van der Waals surface area contributed by atoms with Crippen LogP contribution in [-0.4, -0.2) is 18.0 Å². The lowest BCUT2D eigenvalue weighted by Crippen LogP contribution is -2.34. The molecule has 1 atom stereocenters. The predicted octanol–water partition coefficient (Wildman–Crippen LogP) is 4.36. The molecule has 0 aliphatic carbocycles. The van der Waals surface area contributed by atoms with Crippen LogP contribution in [0.4, 0.5) is 11.4 Å². The van der Waals surface area contributed by atoms with Crippen LogP contribution in [-0.2, 0) is 0 Å². The molecule has 0 spiro atoms. The average molecular weight is 378 g/mol. The molecule has 1 saturated heterocycles. The first-order valence-corrected chi connectivity index (χ1v) is 7.46. The van der Waals surface area contributed by atoms with Crippen molar-refractivity contribution in [1.29, 1.82) is 0 Å². The first kappa shape index (κ1) is 13.8. The Kier molecular flexibility index (Phi) is 4.27. The van der Waals surface area contributed by atoms with E-state index in [1.165, 1.54) is 6.42 Å². The Labute approximate surface area is 123 Å². The molecule has 0 bridgehead atoms. The Morgan fingerprint density at radius 2 is 2.00 bits per heavy atom. The van der Waals surface area contributed by atoms with E-state index in [0.717, 1.165) is 34.1 Å². The molecule has 1 aromatic carbocycles. The van der Waals surface area contributed by atoms with Crippen molar-refractivity contribution in [1.82, 2.24) is 0 Å². The lowest BCUT2D eigenvalue weighted by atomic mass is 10.00. The molecule has 1 fully saturated rings. The summed E-state index contributed by atoms with van der Waals surface area (Å²) in [6.07, 6.45) is 2.41. The Balaban J connectivity index is 2.36. The van der Waals surface area contributed by atoms with Crippen molar-refractivity contribution in [2.24, 2.45) is 5.92 Å². The number of piperidine rings is 1. The smallest absolute Gasteiger partial charge is 0.271 e. The van der Waals surface area contributed by atoms with E-state index in [0.29, 0.717) is 5.92 Å². The number of nitro benzene ring substituents is 1. The van der Waals surface area contributed by atoms with Crippen molar-refractivity contribution in [3.8, 4) is 0 Å². The number of hydrogen-bond donors (Lipinski definition) is 0. The van der Waals surface area contributed by atoms with Crippen molar-refractivity contribution in [3.63, 3.8) is 0 Å². The van der Waals surface area contributed by atoms with Crippen molar-refractivity contribution >= 4 is 43.2 Å². The van der Waals surface area contributed by atoms with Gasteiger partial charge in [0.1, 0.15) is 0 Å². The summed E-state index contributed by atoms with van der Waals surface area (Å²) in [4.78, 5) is 12.7. The third-order valence-electron chi connectivity index (χ3n) is 3.19. The van der Waals surface area contributed by atoms with E-state index < -0.39 is 0 Å². The predicted molar refractivity (Wildman–Crippen MR) is 79.1 cm³/mol. The van der Waals surface area contributed by atoms with Gasteiger partial charge in [-0.3, -0.25) is 10.1 Å². The SMILES string of the molecule is C[C@@H]1CCCN(c2c(Br)cc([N+](=O)[O-])cc2Br)C1. The monoisotopic (exact) mass is 376 g/mol. The lowest BCUT2D eigenvalue weighted by Gasteiger charge is -2.34. The molecule has 0 radical (unpaired) electrons. The molecule has 2 rings (SSSR count). The van der Waals surface area contributed by atoms with Crippen molar-refractivity contribution in [2.45, 2.75) is 19.8 Å². The van der Waals surface area contributed by atoms with E-state index in [4.69, 9.17) is 0 Å². The van der Waals surface area contributed by atoms with Gasteiger partial charge < -0.3 is 4.90 Å². The summed E-state index contributed by atoms with van der Waals surface area (Å²) in [5.41, 5.74) is 1.12. The quantitative estimate of drug-likeness (QED) is 0.568. The average Bonchev–Trinajstić information content (AvgIpc) is 2.27. The fourth-order valence-corrected chi connectivity index (χ4v) is 4.02. The first-order valence-electron chi connectivity index (χ1n) is 5.87. The minimum Gasteiger partial charge on any atom is -0.369 e. The molecule has 1 aromatic rings. The Morgan fingerprint density at radius 3 is 2.50 bits per heavy atom. The number of benzene rings is 1. The van der Waals surface area contributed by atoms with Gasteiger partial charge >= 0.3 is 0 Å². The summed E-state index contributed by atoms with van der Waals surface area (Å²) in [5.74, 6) is 0.660. The summed E-state index contributed by atoms with van der Waals surface area (Å²) in [5, 5.41) is 10.8. The summed E-state index contributed by atoms with van der Waals surface area (Å²) >= 11 is 6.89. The largest absolute Gasteiger partial charge is 0.369 e. The van der Waals surface area contributed by atoms with Gasteiger partial charge in [0, 0.05) is 34.2 Å². The number of nitro groups is 1. The molecule has 0 N–H and O–H groups in total. The zero-order valence-electron chi connectivity index (χ0n) is 10.0. The summed E-state index contributed by atoms with van der Waals surface area (Å²) in [6, 6.07) is 3.14. The summed E-state index contributed by atoms with van der Waals surface area (Å²) in [7, 11) is 0. The minimum absolute atomic E-state index is 0.0996. The van der Waals surface area contributed by atoms with Gasteiger partial charge in [-0.05, 0) is 50.6 Å². The third-order valence-corrected chi connectivity index (χ3v) is 4.39. The first-order chi connectivity index (χ1) is 8.49. The van der Waals surface area contributed by atoms with Crippen molar-refractivity contribution in [3.05, 3.63) is 31.2 Å². The molecule has 0 aromatic heterocycles. The zero-order valence-corrected chi connectivity index (χ0v) is 13.2. The number of halogens is 2. The van der Waals surface area contributed by atoms with E-state index >= 15 is 0 Å². The molecule has 1 aliphatic heterocycles. The standard InChI is InChI=1S/C12H14Br2N2O2/c1-8-3-2-4-15(7-8)12-10(13)5-9(16(17)18)6-11(12)14/h5-6,8H,2-4,7H2,1H3/t8-/m1/s1. The van der Waals surface area contributed by atoms with Gasteiger partial charge in [0.15, 0.2) is 0 Å². The molecular weight excluding hydrogens is 364 g/mol. The van der Waals surface area contributed by atoms with Gasteiger partial charge in [0.2, 0.25) is 0 Å². The third kappa shape index (κ3) is 2.85. The van der Waals surface area contributed by atoms with E-state index in [9.17, 15) is 10.1 Å². The molecule has 18 heavy (non-hydrogen) atoms. The van der Waals surface area contributed by atoms with E-state index in [-0.39, 0.29) is 10.6 Å². The van der Waals surface area contributed by atoms with Gasteiger partial charge in [-0.25, -0.2) is 0 Å². The fourth-order valence-electron chi connectivity index (χ4n) is 2.35. The van der Waals surface area contributed by atoms with Crippen LogP contribution in [0.2, 0.25) is 0 Å². The van der Waals surface area contributed by atoms with Gasteiger partial charge in [-0.1, -0.05) is 6.92 Å². The van der Waals surface area contributed by atoms with Gasteiger partial charge in [-0.2, -0.15) is 0 Å². The lowest BCUT2D eigenvalue weighted by molar-refractivity contribution is -0.385. The minimum atomic E-state index is -0.377. The van der Waals surface area contributed by atoms with Crippen LogP contribution in [0.25, 0.3) is 0 Å². The highest BCUT2D eigenvalue weighted by molar-refractivity contribution is 9.11. The highest BCUT2D eigenvalue weighted by Gasteiger charge is 2.22. The normalized spacial score (nSPS) is 19.9. The van der Waals surface area contributed by atoms with Crippen LogP contribution in [0, 0.1) is 16.0 Å². The van der Waals surface area contributed by atoms with Crippen molar-refractivity contribution in [2.75, 3.05) is 18.0 Å². The molecule has 6 heteroatoms. The number of anilines is 1. The summed E-state index contributed by atoms with van der Waals surface area (Å²) in [6.45, 7) is 4.23. The van der Waals surface area contributed by atoms with Crippen LogP contribution < -0.4 is 4.90 Å². The van der Waals surface area contributed by atoms with Crippen molar-refractivity contribution < 1.29 is 4.92 Å². The second kappa shape index (κ2) is 5.57. The Hall–Kier alpha value is -0.620. The van der Waals surface area contributed by atoms with Crippen LogP contribution in [0.15, 0.2) is 21.1 Å². The maximum absolute atomic E-state index is 10.8. The Bertz CT molecular complexity index is 456. The van der Waals surface area contributed by atoms with Crippen LogP contribution >= 0.6 is 31.9 Å². The zero-order chi connectivity index (χ0) is 13.3. The fraction of sp³-hybridized carbons (Fsp3) is 0.500. The molecule has 98 valence electrons. The number of hydrogen-bond acceptors (Lipinski definition) is 3. The van der Waals surface area contributed by atoms with Crippen LogP contribution in [0.3, 0.4) is 0 Å². The molecule has 0 unspecified atom stereocenters. The topological polar surface area (TPSA) is 46.4 Å². The summed E-state index contributed by atoms with van der Waals surface area (Å²) < 4.78 is 1.55. The Morgan fingerprint density at radius 1 is 1.39 bits per heavy atom. The molecule has 1 heterocycles. The number of rotatable bonds is 2. The second-order valence-corrected chi connectivity index (χ2v) is 6.42. The van der Waals surface area contributed by atoms with Crippen LogP contribution in [0.5, 0.6) is 0 Å². The van der Waals surface area contributed by atoms with Crippen LogP contribution in [0.1, 0.15) is 19.8 Å².